The van der Waals surface area contributed by atoms with Gasteiger partial charge in [-0.2, -0.15) is 5.26 Å². The quantitative estimate of drug-likeness (QED) is 0.601. The zero-order valence-electron chi connectivity index (χ0n) is 6.47. The van der Waals surface area contributed by atoms with Crippen LogP contribution in [-0.2, 0) is 0 Å². The van der Waals surface area contributed by atoms with Crippen LogP contribution in [0.5, 0.6) is 0 Å². The zero-order chi connectivity index (χ0) is 7.03. The molecule has 2 fully saturated rings. The molecule has 0 aromatic rings. The third kappa shape index (κ3) is 1.66. The number of rotatable bonds is 0. The summed E-state index contributed by atoms with van der Waals surface area (Å²) in [5, 5.41) is 12.2. The lowest BCUT2D eigenvalue weighted by atomic mass is 9.92. The smallest absolute Gasteiger partial charge is 0.0657 e. The largest absolute Gasteiger partial charge is 0.311 e. The lowest BCUT2D eigenvalue weighted by molar-refractivity contribution is 0.333. The molecule has 3 heteroatoms. The summed E-state index contributed by atoms with van der Waals surface area (Å²) in [6.45, 7) is 1.05. The van der Waals surface area contributed by atoms with Gasteiger partial charge in [0.15, 0.2) is 0 Å². The van der Waals surface area contributed by atoms with Gasteiger partial charge in [-0.3, -0.25) is 0 Å². The fourth-order valence-electron chi connectivity index (χ4n) is 1.80. The maximum atomic E-state index is 8.67. The van der Waals surface area contributed by atoms with E-state index < -0.39 is 0 Å². The molecule has 1 saturated carbocycles. The Balaban J connectivity index is 0.000000605. The third-order valence-electron chi connectivity index (χ3n) is 2.67. The first-order chi connectivity index (χ1) is 4.85. The molecule has 1 unspecified atom stereocenters. The van der Waals surface area contributed by atoms with Crippen LogP contribution in [0.25, 0.3) is 0 Å². The number of hydrogen-bond donors (Lipinski definition) is 1. The Morgan fingerprint density at radius 1 is 1.45 bits per heavy atom. The molecule has 1 atom stereocenters. The first-order valence-corrected chi connectivity index (χ1v) is 3.99. The molecule has 0 amide bonds. The molecule has 0 aromatic heterocycles. The van der Waals surface area contributed by atoms with Crippen molar-refractivity contribution in [2.45, 2.75) is 31.2 Å². The predicted octanol–water partition coefficient (Wildman–Crippen LogP) is 1.46. The van der Waals surface area contributed by atoms with Gasteiger partial charge < -0.3 is 5.32 Å². The van der Waals surface area contributed by atoms with Gasteiger partial charge in [0.25, 0.3) is 0 Å². The number of nitrogens with one attached hydrogen (secondary N) is 1. The Morgan fingerprint density at radius 2 is 2.18 bits per heavy atom. The zero-order valence-corrected chi connectivity index (χ0v) is 7.28. The molecule has 1 N–H and O–H groups in total. The van der Waals surface area contributed by atoms with Crippen LogP contribution in [0, 0.1) is 17.2 Å². The van der Waals surface area contributed by atoms with Crippen molar-refractivity contribution < 1.29 is 0 Å². The summed E-state index contributed by atoms with van der Waals surface area (Å²) in [5.41, 5.74) is 0.429. The van der Waals surface area contributed by atoms with Crippen LogP contribution in [0.2, 0.25) is 0 Å². The second-order valence-electron chi connectivity index (χ2n) is 3.53. The van der Waals surface area contributed by atoms with Gasteiger partial charge in [-0.15, -0.1) is 12.4 Å². The lowest BCUT2D eigenvalue weighted by Gasteiger charge is -2.26. The normalized spacial score (nSPS) is 32.1. The van der Waals surface area contributed by atoms with Crippen molar-refractivity contribution in [1.82, 2.24) is 5.32 Å². The van der Waals surface area contributed by atoms with E-state index in [1.807, 2.05) is 0 Å². The Labute approximate surface area is 73.4 Å². The van der Waals surface area contributed by atoms with Crippen molar-refractivity contribution >= 4 is 12.4 Å². The van der Waals surface area contributed by atoms with E-state index in [-0.39, 0.29) is 12.4 Å². The molecule has 2 rings (SSSR count). The maximum absolute atomic E-state index is 8.67. The predicted molar refractivity (Wildman–Crippen MR) is 45.6 cm³/mol. The average Bonchev–Trinajstić information content (AvgIpc) is 2.70. The fourth-order valence-corrected chi connectivity index (χ4v) is 1.80. The van der Waals surface area contributed by atoms with Gasteiger partial charge in [-0.25, -0.2) is 0 Å². The van der Waals surface area contributed by atoms with E-state index in [4.69, 9.17) is 5.26 Å². The highest BCUT2D eigenvalue weighted by Crippen LogP contribution is 2.43. The molecular weight excluding hydrogens is 160 g/mol. The average molecular weight is 173 g/mol. The van der Waals surface area contributed by atoms with Gasteiger partial charge in [0.1, 0.15) is 0 Å². The Morgan fingerprint density at radius 3 is 2.73 bits per heavy atom. The van der Waals surface area contributed by atoms with Crippen LogP contribution in [0.1, 0.15) is 25.7 Å². The summed E-state index contributed by atoms with van der Waals surface area (Å²) in [4.78, 5) is 0. The molecule has 1 aliphatic heterocycles. The van der Waals surface area contributed by atoms with Crippen LogP contribution >= 0.6 is 12.4 Å². The Bertz CT molecular complexity index is 181. The Hall–Kier alpha value is -0.260. The highest BCUT2D eigenvalue weighted by atomic mass is 35.5. The summed E-state index contributed by atoms with van der Waals surface area (Å²) < 4.78 is 0. The highest BCUT2D eigenvalue weighted by Gasteiger charge is 2.45. The van der Waals surface area contributed by atoms with Crippen molar-refractivity contribution in [2.24, 2.45) is 5.92 Å². The molecule has 2 aliphatic rings. The number of hydrogen-bond acceptors (Lipinski definition) is 2. The number of nitriles is 1. The minimum absolute atomic E-state index is 0. The minimum atomic E-state index is 0. The molecule has 11 heavy (non-hydrogen) atoms. The summed E-state index contributed by atoms with van der Waals surface area (Å²) >= 11 is 0. The fraction of sp³-hybridized carbons (Fsp3) is 0.875. The first kappa shape index (κ1) is 8.83. The number of halogens is 1. The van der Waals surface area contributed by atoms with Crippen molar-refractivity contribution in [3.63, 3.8) is 0 Å². The molecule has 2 nitrogen and oxygen atoms in total. The van der Waals surface area contributed by atoms with Gasteiger partial charge in [0.05, 0.1) is 6.07 Å². The Kier molecular flexibility index (Phi) is 2.41. The van der Waals surface area contributed by atoms with Crippen LogP contribution in [0.15, 0.2) is 0 Å². The van der Waals surface area contributed by atoms with E-state index in [0.717, 1.165) is 19.4 Å². The third-order valence-corrected chi connectivity index (χ3v) is 2.67. The highest BCUT2D eigenvalue weighted by molar-refractivity contribution is 5.85. The second-order valence-corrected chi connectivity index (χ2v) is 3.53. The molecule has 1 spiro atoms. The molecule has 1 aliphatic carbocycles. The molecule has 62 valence electrons. The van der Waals surface area contributed by atoms with E-state index in [9.17, 15) is 0 Å². The summed E-state index contributed by atoms with van der Waals surface area (Å²) in [5.74, 6) is 0.337. The van der Waals surface area contributed by atoms with E-state index in [1.165, 1.54) is 12.8 Å². The molecule has 0 bridgehead atoms. The van der Waals surface area contributed by atoms with Crippen molar-refractivity contribution in [3.8, 4) is 6.07 Å². The SMILES string of the molecule is Cl.N#CC1CCNC2(CC2)C1. The monoisotopic (exact) mass is 172 g/mol. The van der Waals surface area contributed by atoms with Crippen LogP contribution in [0.3, 0.4) is 0 Å². The van der Waals surface area contributed by atoms with E-state index in [2.05, 4.69) is 11.4 Å². The second kappa shape index (κ2) is 3.00. The lowest BCUT2D eigenvalue weighted by Crippen LogP contribution is -2.39. The van der Waals surface area contributed by atoms with E-state index in [0.29, 0.717) is 11.5 Å². The van der Waals surface area contributed by atoms with Gasteiger partial charge in [-0.05, 0) is 32.2 Å². The van der Waals surface area contributed by atoms with E-state index >= 15 is 0 Å². The van der Waals surface area contributed by atoms with Gasteiger partial charge in [0.2, 0.25) is 0 Å². The summed E-state index contributed by atoms with van der Waals surface area (Å²) in [6, 6.07) is 2.36. The first-order valence-electron chi connectivity index (χ1n) is 3.99. The molecule has 0 aromatic carbocycles. The topological polar surface area (TPSA) is 35.8 Å². The number of nitrogens with zero attached hydrogens (tertiary/aromatic N) is 1. The van der Waals surface area contributed by atoms with Crippen molar-refractivity contribution in [2.75, 3.05) is 6.54 Å². The van der Waals surface area contributed by atoms with Crippen molar-refractivity contribution in [3.05, 3.63) is 0 Å². The van der Waals surface area contributed by atoms with Crippen LogP contribution in [0.4, 0.5) is 0 Å². The summed E-state index contributed by atoms with van der Waals surface area (Å²) in [7, 11) is 0. The standard InChI is InChI=1S/C8H12N2.ClH/c9-6-7-1-4-10-8(5-7)2-3-8;/h7,10H,1-5H2;1H. The number of piperidine rings is 1. The molecule has 0 radical (unpaired) electrons. The van der Waals surface area contributed by atoms with Crippen LogP contribution < -0.4 is 5.32 Å². The molecule has 1 heterocycles. The summed E-state index contributed by atoms with van der Waals surface area (Å²) in [6.07, 6.45) is 4.75. The molecular formula is C8H13ClN2. The van der Waals surface area contributed by atoms with Crippen molar-refractivity contribution in [1.29, 1.82) is 5.26 Å². The van der Waals surface area contributed by atoms with E-state index in [1.54, 1.807) is 0 Å². The van der Waals surface area contributed by atoms with Gasteiger partial charge in [0, 0.05) is 11.5 Å². The minimum Gasteiger partial charge on any atom is -0.311 e. The van der Waals surface area contributed by atoms with Gasteiger partial charge in [-0.1, -0.05) is 0 Å². The van der Waals surface area contributed by atoms with Crippen LogP contribution in [-0.4, -0.2) is 12.1 Å². The molecule has 1 saturated heterocycles. The van der Waals surface area contributed by atoms with Gasteiger partial charge >= 0.3 is 0 Å². The maximum Gasteiger partial charge on any atom is 0.0657 e.